The highest BCUT2D eigenvalue weighted by molar-refractivity contribution is 6.36. The van der Waals surface area contributed by atoms with Crippen LogP contribution in [0.1, 0.15) is 15.9 Å². The number of hydrogen-bond donors (Lipinski definition) is 1. The van der Waals surface area contributed by atoms with Crippen LogP contribution < -0.4 is 5.73 Å². The third-order valence-electron chi connectivity index (χ3n) is 2.77. The summed E-state index contributed by atoms with van der Waals surface area (Å²) in [5.41, 5.74) is 7.53. The Labute approximate surface area is 116 Å². The molecule has 0 saturated carbocycles. The van der Waals surface area contributed by atoms with E-state index in [4.69, 9.17) is 17.3 Å². The van der Waals surface area contributed by atoms with Gasteiger partial charge >= 0.3 is 0 Å². The van der Waals surface area contributed by atoms with Crippen molar-refractivity contribution >= 4 is 23.2 Å². The topological polar surface area (TPSA) is 59.2 Å². The minimum atomic E-state index is -0.158. The number of pyridine rings is 1. The van der Waals surface area contributed by atoms with Crippen LogP contribution in [0.25, 0.3) is 0 Å². The second-order valence-corrected chi connectivity index (χ2v) is 4.60. The molecule has 0 atom stereocenters. The number of anilines is 1. The predicted molar refractivity (Wildman–Crippen MR) is 75.9 cm³/mol. The van der Waals surface area contributed by atoms with Crippen LogP contribution in [0.2, 0.25) is 5.02 Å². The molecule has 0 saturated heterocycles. The van der Waals surface area contributed by atoms with Gasteiger partial charge in [0, 0.05) is 26.0 Å². The van der Waals surface area contributed by atoms with Crippen molar-refractivity contribution in [3.63, 3.8) is 0 Å². The van der Waals surface area contributed by atoms with Crippen LogP contribution in [0.4, 0.5) is 5.69 Å². The highest BCUT2D eigenvalue weighted by atomic mass is 35.5. The number of rotatable bonds is 3. The maximum absolute atomic E-state index is 12.3. The molecule has 0 spiro atoms. The Kier molecular flexibility index (Phi) is 4.02. The van der Waals surface area contributed by atoms with E-state index in [1.54, 1.807) is 42.5 Å². The molecule has 2 N–H and O–H groups in total. The van der Waals surface area contributed by atoms with Crippen molar-refractivity contribution in [3.05, 3.63) is 58.9 Å². The number of nitrogen functional groups attached to an aromatic ring is 1. The van der Waals surface area contributed by atoms with Gasteiger partial charge in [0.2, 0.25) is 0 Å². The van der Waals surface area contributed by atoms with E-state index in [1.165, 1.54) is 0 Å². The average molecular weight is 276 g/mol. The number of amides is 1. The summed E-state index contributed by atoms with van der Waals surface area (Å²) in [6.45, 7) is 0.493. The summed E-state index contributed by atoms with van der Waals surface area (Å²) in [5, 5.41) is 0.300. The second kappa shape index (κ2) is 5.71. The van der Waals surface area contributed by atoms with E-state index in [0.717, 1.165) is 5.56 Å². The lowest BCUT2D eigenvalue weighted by molar-refractivity contribution is 0.0785. The van der Waals surface area contributed by atoms with E-state index in [0.29, 0.717) is 22.8 Å². The van der Waals surface area contributed by atoms with Crippen LogP contribution in [-0.2, 0) is 6.54 Å². The van der Waals surface area contributed by atoms with E-state index >= 15 is 0 Å². The molecule has 0 unspecified atom stereocenters. The summed E-state index contributed by atoms with van der Waals surface area (Å²) < 4.78 is 0. The summed E-state index contributed by atoms with van der Waals surface area (Å²) in [6.07, 6.45) is 3.39. The quantitative estimate of drug-likeness (QED) is 0.876. The molecule has 0 bridgehead atoms. The Morgan fingerprint density at radius 2 is 2.00 bits per heavy atom. The molecule has 1 amide bonds. The molecule has 0 fully saturated rings. The Balaban J connectivity index is 2.18. The molecule has 0 aliphatic heterocycles. The van der Waals surface area contributed by atoms with Gasteiger partial charge in [0.15, 0.2) is 0 Å². The lowest BCUT2D eigenvalue weighted by atomic mass is 10.1. The minimum Gasteiger partial charge on any atom is -0.398 e. The first-order chi connectivity index (χ1) is 9.09. The van der Waals surface area contributed by atoms with Crippen LogP contribution in [-0.4, -0.2) is 22.8 Å². The molecule has 1 aromatic carbocycles. The summed E-state index contributed by atoms with van der Waals surface area (Å²) >= 11 is 6.05. The van der Waals surface area contributed by atoms with Crippen LogP contribution in [0.15, 0.2) is 42.7 Å². The van der Waals surface area contributed by atoms with Gasteiger partial charge < -0.3 is 10.6 Å². The molecular weight excluding hydrogens is 262 g/mol. The van der Waals surface area contributed by atoms with Crippen molar-refractivity contribution in [2.24, 2.45) is 0 Å². The molecule has 1 aromatic heterocycles. The SMILES string of the molecule is CN(Cc1ccncc1)C(=O)c1cccc(N)c1Cl. The molecule has 5 heteroatoms. The van der Waals surface area contributed by atoms with Gasteiger partial charge in [-0.2, -0.15) is 0 Å². The fourth-order valence-corrected chi connectivity index (χ4v) is 1.96. The Bertz CT molecular complexity index is 586. The Hall–Kier alpha value is -2.07. The number of halogens is 1. The van der Waals surface area contributed by atoms with Crippen LogP contribution in [0, 0.1) is 0 Å². The maximum Gasteiger partial charge on any atom is 0.255 e. The lowest BCUT2D eigenvalue weighted by Gasteiger charge is -2.18. The van der Waals surface area contributed by atoms with Gasteiger partial charge in [0.05, 0.1) is 16.3 Å². The first-order valence-electron chi connectivity index (χ1n) is 5.78. The van der Waals surface area contributed by atoms with E-state index in [9.17, 15) is 4.79 Å². The van der Waals surface area contributed by atoms with Gasteiger partial charge in [-0.05, 0) is 29.8 Å². The van der Waals surface area contributed by atoms with Crippen molar-refractivity contribution in [3.8, 4) is 0 Å². The second-order valence-electron chi connectivity index (χ2n) is 4.23. The number of aromatic nitrogens is 1. The molecule has 0 aliphatic carbocycles. The number of carbonyl (C=O) groups excluding carboxylic acids is 1. The van der Waals surface area contributed by atoms with Crippen molar-refractivity contribution in [2.75, 3.05) is 12.8 Å². The zero-order valence-corrected chi connectivity index (χ0v) is 11.3. The predicted octanol–water partition coefficient (Wildman–Crippen LogP) is 2.59. The Morgan fingerprint density at radius 1 is 1.32 bits per heavy atom. The van der Waals surface area contributed by atoms with Crippen LogP contribution in [0.5, 0.6) is 0 Å². The highest BCUT2D eigenvalue weighted by Gasteiger charge is 2.16. The summed E-state index contributed by atoms with van der Waals surface area (Å²) in [7, 11) is 1.72. The molecular formula is C14H14ClN3O. The van der Waals surface area contributed by atoms with E-state index in [-0.39, 0.29) is 5.91 Å². The molecule has 4 nitrogen and oxygen atoms in total. The van der Waals surface area contributed by atoms with Gasteiger partial charge in [0.1, 0.15) is 0 Å². The maximum atomic E-state index is 12.3. The molecule has 0 radical (unpaired) electrons. The summed E-state index contributed by atoms with van der Waals surface area (Å²) in [6, 6.07) is 8.79. The first-order valence-corrected chi connectivity index (χ1v) is 6.15. The molecule has 19 heavy (non-hydrogen) atoms. The number of benzene rings is 1. The smallest absolute Gasteiger partial charge is 0.255 e. The van der Waals surface area contributed by atoms with Crippen molar-refractivity contribution in [1.29, 1.82) is 0 Å². The van der Waals surface area contributed by atoms with Gasteiger partial charge in [0.25, 0.3) is 5.91 Å². The standard InChI is InChI=1S/C14H14ClN3O/c1-18(9-10-5-7-17-8-6-10)14(19)11-3-2-4-12(16)13(11)15/h2-8H,9,16H2,1H3. The normalized spacial score (nSPS) is 10.2. The van der Waals surface area contributed by atoms with Gasteiger partial charge in [-0.15, -0.1) is 0 Å². The molecule has 2 rings (SSSR count). The van der Waals surface area contributed by atoms with Crippen LogP contribution in [0.3, 0.4) is 0 Å². The van der Waals surface area contributed by atoms with Crippen molar-refractivity contribution in [2.45, 2.75) is 6.54 Å². The molecule has 2 aromatic rings. The zero-order chi connectivity index (χ0) is 13.8. The van der Waals surface area contributed by atoms with Gasteiger partial charge in [-0.25, -0.2) is 0 Å². The van der Waals surface area contributed by atoms with Crippen molar-refractivity contribution in [1.82, 2.24) is 9.88 Å². The number of hydrogen-bond acceptors (Lipinski definition) is 3. The van der Waals surface area contributed by atoms with Crippen LogP contribution >= 0.6 is 11.6 Å². The molecule has 1 heterocycles. The van der Waals surface area contributed by atoms with E-state index in [1.807, 2.05) is 12.1 Å². The van der Waals surface area contributed by atoms with E-state index in [2.05, 4.69) is 4.98 Å². The average Bonchev–Trinajstić information content (AvgIpc) is 2.42. The molecule has 98 valence electrons. The zero-order valence-electron chi connectivity index (χ0n) is 10.5. The van der Waals surface area contributed by atoms with Gasteiger partial charge in [-0.3, -0.25) is 9.78 Å². The fraction of sp³-hybridized carbons (Fsp3) is 0.143. The molecule has 0 aliphatic rings. The first kappa shape index (κ1) is 13.4. The fourth-order valence-electron chi connectivity index (χ4n) is 1.75. The largest absolute Gasteiger partial charge is 0.398 e. The Morgan fingerprint density at radius 3 is 2.68 bits per heavy atom. The summed E-state index contributed by atoms with van der Waals surface area (Å²) in [4.78, 5) is 17.8. The third-order valence-corrected chi connectivity index (χ3v) is 3.20. The summed E-state index contributed by atoms with van der Waals surface area (Å²) in [5.74, 6) is -0.158. The highest BCUT2D eigenvalue weighted by Crippen LogP contribution is 2.24. The minimum absolute atomic E-state index is 0.158. The third kappa shape index (κ3) is 3.03. The van der Waals surface area contributed by atoms with E-state index < -0.39 is 0 Å². The monoisotopic (exact) mass is 275 g/mol. The van der Waals surface area contributed by atoms with Crippen molar-refractivity contribution < 1.29 is 4.79 Å². The number of nitrogens with two attached hydrogens (primary N) is 1. The van der Waals surface area contributed by atoms with Gasteiger partial charge in [-0.1, -0.05) is 17.7 Å². The number of carbonyl (C=O) groups is 1. The number of nitrogens with zero attached hydrogens (tertiary/aromatic N) is 2. The lowest BCUT2D eigenvalue weighted by Crippen LogP contribution is -2.26.